The standard InChI is InChI=1S/C9H15ClN2S/c1-2-3-7(12-11)6-8-4-5-9(10)13-8/h4-5,7,12H,2-3,6,11H2,1H3. The van der Waals surface area contributed by atoms with Gasteiger partial charge < -0.3 is 0 Å². The molecule has 0 aliphatic carbocycles. The molecule has 0 saturated carbocycles. The molecule has 13 heavy (non-hydrogen) atoms. The van der Waals surface area contributed by atoms with E-state index in [-0.39, 0.29) is 0 Å². The number of hydrogen-bond acceptors (Lipinski definition) is 3. The van der Waals surface area contributed by atoms with Crippen molar-refractivity contribution < 1.29 is 0 Å². The van der Waals surface area contributed by atoms with Gasteiger partial charge in [-0.1, -0.05) is 24.9 Å². The van der Waals surface area contributed by atoms with Crippen molar-refractivity contribution in [3.8, 4) is 0 Å². The van der Waals surface area contributed by atoms with Crippen molar-refractivity contribution in [2.45, 2.75) is 32.2 Å². The molecule has 1 aromatic rings. The smallest absolute Gasteiger partial charge is 0.0931 e. The average Bonchev–Trinajstić information content (AvgIpc) is 2.50. The van der Waals surface area contributed by atoms with E-state index in [1.165, 1.54) is 4.88 Å². The van der Waals surface area contributed by atoms with Gasteiger partial charge in [0.05, 0.1) is 4.34 Å². The zero-order valence-corrected chi connectivity index (χ0v) is 9.29. The number of hydrogen-bond donors (Lipinski definition) is 2. The van der Waals surface area contributed by atoms with Crippen LogP contribution < -0.4 is 11.3 Å². The molecule has 1 rings (SSSR count). The fourth-order valence-electron chi connectivity index (χ4n) is 1.30. The Morgan fingerprint density at radius 2 is 2.38 bits per heavy atom. The SMILES string of the molecule is CCCC(Cc1ccc(Cl)s1)NN. The summed E-state index contributed by atoms with van der Waals surface area (Å²) in [7, 11) is 0. The molecule has 0 fully saturated rings. The fraction of sp³-hybridized carbons (Fsp3) is 0.556. The number of rotatable bonds is 5. The predicted octanol–water partition coefficient (Wildman–Crippen LogP) is 2.58. The second-order valence-electron chi connectivity index (χ2n) is 3.06. The van der Waals surface area contributed by atoms with E-state index >= 15 is 0 Å². The molecule has 0 aliphatic rings. The Balaban J connectivity index is 2.46. The lowest BCUT2D eigenvalue weighted by atomic mass is 10.1. The molecule has 0 radical (unpaired) electrons. The van der Waals surface area contributed by atoms with Crippen molar-refractivity contribution in [1.29, 1.82) is 0 Å². The minimum absolute atomic E-state index is 0.375. The third kappa shape index (κ3) is 3.65. The quantitative estimate of drug-likeness (QED) is 0.589. The van der Waals surface area contributed by atoms with Crippen LogP contribution in [0.25, 0.3) is 0 Å². The van der Waals surface area contributed by atoms with Crippen LogP contribution in [0.15, 0.2) is 12.1 Å². The predicted molar refractivity (Wildman–Crippen MR) is 59.1 cm³/mol. The van der Waals surface area contributed by atoms with Gasteiger partial charge in [0.2, 0.25) is 0 Å². The lowest BCUT2D eigenvalue weighted by Crippen LogP contribution is -2.36. The Morgan fingerprint density at radius 1 is 1.62 bits per heavy atom. The zero-order chi connectivity index (χ0) is 9.68. The van der Waals surface area contributed by atoms with Crippen LogP contribution in [0.4, 0.5) is 0 Å². The van der Waals surface area contributed by atoms with E-state index in [9.17, 15) is 0 Å². The molecule has 0 bridgehead atoms. The first-order valence-corrected chi connectivity index (χ1v) is 5.66. The van der Waals surface area contributed by atoms with Crippen LogP contribution in [0.1, 0.15) is 24.6 Å². The highest BCUT2D eigenvalue weighted by molar-refractivity contribution is 7.16. The highest BCUT2D eigenvalue weighted by atomic mass is 35.5. The topological polar surface area (TPSA) is 38.0 Å². The van der Waals surface area contributed by atoms with Crippen LogP contribution in [-0.4, -0.2) is 6.04 Å². The Kier molecular flexibility index (Phi) is 4.73. The summed E-state index contributed by atoms with van der Waals surface area (Å²) in [5.41, 5.74) is 2.82. The third-order valence-electron chi connectivity index (χ3n) is 1.95. The Bertz CT molecular complexity index is 250. The average molecular weight is 219 g/mol. The van der Waals surface area contributed by atoms with Gasteiger partial charge in [-0.2, -0.15) is 0 Å². The lowest BCUT2D eigenvalue weighted by molar-refractivity contribution is 0.489. The first-order valence-electron chi connectivity index (χ1n) is 4.46. The summed E-state index contributed by atoms with van der Waals surface area (Å²) in [5.74, 6) is 5.44. The fourth-order valence-corrected chi connectivity index (χ4v) is 2.46. The number of nitrogens with two attached hydrogens (primary N) is 1. The molecule has 0 amide bonds. The Labute approximate surface area is 88.1 Å². The van der Waals surface area contributed by atoms with Crippen molar-refractivity contribution in [1.82, 2.24) is 5.43 Å². The van der Waals surface area contributed by atoms with Gasteiger partial charge in [0.25, 0.3) is 0 Å². The van der Waals surface area contributed by atoms with Gasteiger partial charge in [-0.25, -0.2) is 0 Å². The molecule has 0 aliphatic heterocycles. The van der Waals surface area contributed by atoms with Gasteiger partial charge in [-0.3, -0.25) is 11.3 Å². The maximum Gasteiger partial charge on any atom is 0.0931 e. The van der Waals surface area contributed by atoms with Crippen molar-refractivity contribution in [3.63, 3.8) is 0 Å². The van der Waals surface area contributed by atoms with E-state index in [0.717, 1.165) is 23.6 Å². The van der Waals surface area contributed by atoms with Crippen LogP contribution in [0, 0.1) is 0 Å². The molecule has 1 aromatic heterocycles. The first kappa shape index (κ1) is 11.0. The van der Waals surface area contributed by atoms with Crippen LogP contribution in [0.5, 0.6) is 0 Å². The van der Waals surface area contributed by atoms with E-state index in [1.807, 2.05) is 6.07 Å². The molecular formula is C9H15ClN2S. The van der Waals surface area contributed by atoms with Crippen molar-refractivity contribution in [2.75, 3.05) is 0 Å². The van der Waals surface area contributed by atoms with E-state index in [0.29, 0.717) is 6.04 Å². The summed E-state index contributed by atoms with van der Waals surface area (Å²) < 4.78 is 0.849. The number of nitrogens with one attached hydrogen (secondary N) is 1. The minimum Gasteiger partial charge on any atom is -0.271 e. The number of thiophene rings is 1. The maximum atomic E-state index is 5.83. The van der Waals surface area contributed by atoms with E-state index in [1.54, 1.807) is 11.3 Å². The molecule has 0 aromatic carbocycles. The van der Waals surface area contributed by atoms with Gasteiger partial charge in [0.1, 0.15) is 0 Å². The normalized spacial score (nSPS) is 13.2. The zero-order valence-electron chi connectivity index (χ0n) is 7.72. The van der Waals surface area contributed by atoms with Crippen LogP contribution >= 0.6 is 22.9 Å². The third-order valence-corrected chi connectivity index (χ3v) is 3.20. The molecule has 2 nitrogen and oxygen atoms in total. The lowest BCUT2D eigenvalue weighted by Gasteiger charge is -2.12. The highest BCUT2D eigenvalue weighted by Crippen LogP contribution is 2.22. The first-order chi connectivity index (χ1) is 6.26. The summed E-state index contributed by atoms with van der Waals surface area (Å²) in [6, 6.07) is 4.37. The molecule has 3 N–H and O–H groups in total. The monoisotopic (exact) mass is 218 g/mol. The largest absolute Gasteiger partial charge is 0.271 e. The van der Waals surface area contributed by atoms with Crippen molar-refractivity contribution >= 4 is 22.9 Å². The molecule has 0 spiro atoms. The van der Waals surface area contributed by atoms with Gasteiger partial charge in [-0.05, 0) is 25.0 Å². The summed E-state index contributed by atoms with van der Waals surface area (Å²) in [6.07, 6.45) is 3.22. The molecule has 1 heterocycles. The second-order valence-corrected chi connectivity index (χ2v) is 4.86. The van der Waals surface area contributed by atoms with Crippen molar-refractivity contribution in [2.24, 2.45) is 5.84 Å². The highest BCUT2D eigenvalue weighted by Gasteiger charge is 2.07. The van der Waals surface area contributed by atoms with Gasteiger partial charge in [-0.15, -0.1) is 11.3 Å². The molecule has 1 atom stereocenters. The van der Waals surface area contributed by atoms with Gasteiger partial charge in [0, 0.05) is 10.9 Å². The second kappa shape index (κ2) is 5.60. The summed E-state index contributed by atoms with van der Waals surface area (Å²) in [5, 5.41) is 0. The van der Waals surface area contributed by atoms with Crippen LogP contribution in [-0.2, 0) is 6.42 Å². The molecular weight excluding hydrogens is 204 g/mol. The van der Waals surface area contributed by atoms with Crippen LogP contribution in [0.3, 0.4) is 0 Å². The summed E-state index contributed by atoms with van der Waals surface area (Å²) in [4.78, 5) is 1.29. The van der Waals surface area contributed by atoms with Crippen molar-refractivity contribution in [3.05, 3.63) is 21.3 Å². The molecule has 74 valence electrons. The Hall–Kier alpha value is -0.0900. The minimum atomic E-state index is 0.375. The van der Waals surface area contributed by atoms with Gasteiger partial charge >= 0.3 is 0 Å². The Morgan fingerprint density at radius 3 is 2.85 bits per heavy atom. The number of hydrazine groups is 1. The van der Waals surface area contributed by atoms with Crippen LogP contribution in [0.2, 0.25) is 4.34 Å². The molecule has 4 heteroatoms. The number of halogens is 1. The maximum absolute atomic E-state index is 5.83. The van der Waals surface area contributed by atoms with E-state index < -0.39 is 0 Å². The van der Waals surface area contributed by atoms with Gasteiger partial charge in [0.15, 0.2) is 0 Å². The molecule has 1 unspecified atom stereocenters. The summed E-state index contributed by atoms with van der Waals surface area (Å²) in [6.45, 7) is 2.16. The van der Waals surface area contributed by atoms with E-state index in [2.05, 4.69) is 18.4 Å². The molecule has 0 saturated heterocycles. The van der Waals surface area contributed by atoms with E-state index in [4.69, 9.17) is 17.4 Å². The summed E-state index contributed by atoms with van der Waals surface area (Å²) >= 11 is 7.46.